The van der Waals surface area contributed by atoms with Crippen molar-refractivity contribution < 1.29 is 54.8 Å². The summed E-state index contributed by atoms with van der Waals surface area (Å²) in [6.07, 6.45) is 12.2. The zero-order chi connectivity index (χ0) is 91.5. The summed E-state index contributed by atoms with van der Waals surface area (Å²) in [7, 11) is 6.04. The maximum absolute atomic E-state index is 12.9. The molecule has 0 aliphatic carbocycles. The number of carbonyl (C=O) groups is 4. The van der Waals surface area contributed by atoms with Gasteiger partial charge >= 0.3 is 18.2 Å². The number of thiocarbonyl (C=S) groups is 1. The number of ether oxygens (including phenoxy) is 1. The predicted molar refractivity (Wildman–Crippen MR) is 503 cm³/mol. The van der Waals surface area contributed by atoms with Crippen LogP contribution in [0, 0.1) is 27.7 Å². The van der Waals surface area contributed by atoms with Gasteiger partial charge in [0.05, 0.1) is 37.0 Å². The molecule has 8 aromatic carbocycles. The van der Waals surface area contributed by atoms with Crippen LogP contribution in [0.25, 0.3) is 34.0 Å². The minimum atomic E-state index is -4.45. The van der Waals surface area contributed by atoms with Crippen molar-refractivity contribution in [2.75, 3.05) is 107 Å². The summed E-state index contributed by atoms with van der Waals surface area (Å²) in [5.74, 6) is 1.51. The fourth-order valence-corrected chi connectivity index (χ4v) is 13.1. The van der Waals surface area contributed by atoms with Crippen LogP contribution in [0.15, 0.2) is 292 Å². The summed E-state index contributed by atoms with van der Waals surface area (Å²) in [6, 6.07) is 63.9. The van der Waals surface area contributed by atoms with Crippen molar-refractivity contribution in [2.45, 2.75) is 60.3 Å². The highest BCUT2D eigenvalue weighted by Crippen LogP contribution is 2.35. The Bertz CT molecular complexity index is 6300. The third kappa shape index (κ3) is 27.1. The number of pyridine rings is 3. The number of halogens is 3. The molecule has 0 spiro atoms. The number of oxazole rings is 4. The minimum absolute atomic E-state index is 0.0484. The standard InChI is InChI=1S/C28H30N6O2.C24H23N5O2.C23H21N5OS.C22H21F3N4O4/c1-20-5-10-24(16-25(20)32-28-30-18-26(36-28)23-4-3-11-29-17-23)31-27(35)22-8-6-21(7-9-22)19-34-14-12-33(2)13-15-34;1-16-9-10-19(27-23(30)17-6-4-8-20(12-17)29(2)3)13-21(16)28-24-26-15-22(31-24)18-7-5-11-25-14-18;1-16-7-8-19(27-23(30)26-14-17-5-3-2-4-6-17)13-20(16)28-22-25-15-21(29-22)18-9-11-24-12-10-18;1-3-32-19(30)11-17-12-26-21(33-17)29-18-10-16(7-4-13(18)2)28-20(31)27-15-8-5-14(6-9-15)22(23,24)25/h3-11,16-18H,12-15,19H2,1-2H3,(H,30,32)(H,31,35);4-15H,1-3H3,(H,26,28)(H,27,30);2-13,15H,14H2,1H3,(H,25,28)(H2,26,27,30);4-10,12H,3,11H2,1-2H3,(H,26,29)(H2,27,28,31). The fraction of sp³-hybridized carbons (Fsp3) is 0.175. The number of carbonyl (C=O) groups excluding carboxylic acids is 4. The Morgan fingerprint density at radius 2 is 0.923 bits per heavy atom. The summed E-state index contributed by atoms with van der Waals surface area (Å²) in [6.45, 7) is 15.7. The van der Waals surface area contributed by atoms with E-state index in [9.17, 15) is 32.3 Å². The smallest absolute Gasteiger partial charge is 0.416 e. The first-order chi connectivity index (χ1) is 62.8. The first-order valence-electron chi connectivity index (χ1n) is 41.3. The number of amides is 4. The number of rotatable bonds is 26. The van der Waals surface area contributed by atoms with Crippen LogP contribution < -0.4 is 58.1 Å². The average Bonchev–Trinajstić information content (AvgIpc) is 0.922. The SMILES string of the molecule is CCOC(=O)Cc1cnc(Nc2cc(NC(=O)Nc3ccc(C(F)(F)F)cc3)ccc2C)o1.Cc1ccc(NC(=O)c2ccc(CN3CCN(C)CC3)cc2)cc1Nc1ncc(-c2cccnc2)o1.Cc1ccc(NC(=O)c2cccc(N(C)C)c2)cc1Nc1ncc(-c2cccnc2)o1.Cc1ccc(NC(=S)NCc2ccccc2)cc1Nc1ncc(-c2ccncc2)o1. The number of anilines is 14. The van der Waals surface area contributed by atoms with E-state index in [0.717, 1.165) is 112 Å². The Labute approximate surface area is 753 Å². The molecule has 0 saturated carbocycles. The van der Waals surface area contributed by atoms with Crippen molar-refractivity contribution in [3.05, 3.63) is 330 Å². The summed E-state index contributed by atoms with van der Waals surface area (Å²) < 4.78 is 65.8. The van der Waals surface area contributed by atoms with Gasteiger partial charge in [0.1, 0.15) is 12.2 Å². The molecule has 33 heteroatoms. The lowest BCUT2D eigenvalue weighted by atomic mass is 10.1. The second kappa shape index (κ2) is 44.3. The van der Waals surface area contributed by atoms with Crippen molar-refractivity contribution in [3.8, 4) is 34.0 Å². The first kappa shape index (κ1) is 91.8. The molecule has 16 rings (SSSR count). The van der Waals surface area contributed by atoms with Crippen molar-refractivity contribution in [1.29, 1.82) is 0 Å². The third-order valence-electron chi connectivity index (χ3n) is 20.1. The van der Waals surface area contributed by atoms with Crippen molar-refractivity contribution in [3.63, 3.8) is 0 Å². The minimum Gasteiger partial charge on any atom is -0.466 e. The maximum atomic E-state index is 12.9. The molecule has 0 unspecified atom stereocenters. The second-order valence-electron chi connectivity index (χ2n) is 30.1. The molecule has 15 aromatic rings. The number of nitrogens with one attached hydrogen (secondary N) is 10. The fourth-order valence-electron chi connectivity index (χ4n) is 12.9. The van der Waals surface area contributed by atoms with E-state index in [1.165, 1.54) is 29.5 Å². The number of esters is 1. The lowest BCUT2D eigenvalue weighted by molar-refractivity contribution is -0.142. The second-order valence-corrected chi connectivity index (χ2v) is 30.5. The average molecular weight is 1770 g/mol. The zero-order valence-corrected chi connectivity index (χ0v) is 73.1. The Morgan fingerprint density at radius 3 is 1.42 bits per heavy atom. The first-order valence-corrected chi connectivity index (χ1v) is 41.7. The molecule has 0 radical (unpaired) electrons. The summed E-state index contributed by atoms with van der Waals surface area (Å²) in [4.78, 5) is 85.4. The molecule has 29 nitrogen and oxygen atoms in total. The normalized spacial score (nSPS) is 11.7. The monoisotopic (exact) mass is 1770 g/mol. The molecule has 1 aliphatic rings. The summed E-state index contributed by atoms with van der Waals surface area (Å²) in [5, 5.41) is 30.6. The lowest BCUT2D eigenvalue weighted by Crippen LogP contribution is -2.43. The molecule has 0 bridgehead atoms. The van der Waals surface area contributed by atoms with Crippen LogP contribution in [-0.2, 0) is 35.2 Å². The van der Waals surface area contributed by atoms with Crippen LogP contribution >= 0.6 is 12.2 Å². The number of aromatic nitrogens is 7. The van der Waals surface area contributed by atoms with E-state index in [4.69, 9.17) is 34.6 Å². The molecule has 664 valence electrons. The van der Waals surface area contributed by atoms with Crippen molar-refractivity contribution >= 4 is 122 Å². The van der Waals surface area contributed by atoms with Gasteiger partial charge in [0.2, 0.25) is 0 Å². The number of alkyl halides is 3. The number of urea groups is 1. The molecule has 8 heterocycles. The molecule has 1 saturated heterocycles. The zero-order valence-electron chi connectivity index (χ0n) is 72.3. The van der Waals surface area contributed by atoms with Gasteiger partial charge in [-0.1, -0.05) is 72.8 Å². The van der Waals surface area contributed by atoms with Gasteiger partial charge in [-0.15, -0.1) is 0 Å². The number of aryl methyl sites for hydroxylation is 4. The molecule has 1 aliphatic heterocycles. The molecule has 130 heavy (non-hydrogen) atoms. The molecule has 0 atom stereocenters. The van der Waals surface area contributed by atoms with E-state index in [-0.39, 0.29) is 36.5 Å². The quantitative estimate of drug-likeness (QED) is 0.0178. The van der Waals surface area contributed by atoms with E-state index in [0.29, 0.717) is 86.6 Å². The largest absolute Gasteiger partial charge is 0.466 e. The van der Waals surface area contributed by atoms with Gasteiger partial charge in [-0.2, -0.15) is 13.2 Å². The topological polar surface area (TPSA) is 350 Å². The van der Waals surface area contributed by atoms with Gasteiger partial charge in [-0.3, -0.25) is 34.2 Å². The van der Waals surface area contributed by atoms with Crippen LogP contribution in [0.2, 0.25) is 0 Å². The van der Waals surface area contributed by atoms with Gasteiger partial charge in [0.15, 0.2) is 22.4 Å². The van der Waals surface area contributed by atoms with E-state index in [2.05, 4.69) is 117 Å². The predicted octanol–water partition coefficient (Wildman–Crippen LogP) is 20.7. The van der Waals surface area contributed by atoms with Gasteiger partial charge in [0, 0.05) is 175 Å². The van der Waals surface area contributed by atoms with E-state index >= 15 is 0 Å². The molecule has 1 fully saturated rings. The number of hydrogen-bond acceptors (Lipinski definition) is 24. The third-order valence-corrected chi connectivity index (χ3v) is 20.4. The maximum Gasteiger partial charge on any atom is 0.416 e. The summed E-state index contributed by atoms with van der Waals surface area (Å²) >= 11 is 5.42. The number of benzene rings is 8. The van der Waals surface area contributed by atoms with Gasteiger partial charge in [0.25, 0.3) is 35.9 Å². The highest BCUT2D eigenvalue weighted by atomic mass is 32.1. The molecule has 7 aromatic heterocycles. The number of nitrogens with zero attached hydrogens (tertiary/aromatic N) is 10. The van der Waals surface area contributed by atoms with E-state index < -0.39 is 23.7 Å². The Balaban J connectivity index is 0.000000148. The van der Waals surface area contributed by atoms with Gasteiger partial charge in [-0.25, -0.2) is 24.7 Å². The Hall–Kier alpha value is -15.9. The van der Waals surface area contributed by atoms with E-state index in [1.54, 1.807) is 87.0 Å². The van der Waals surface area contributed by atoms with E-state index in [1.807, 2.05) is 198 Å². The van der Waals surface area contributed by atoms with Gasteiger partial charge in [-0.05, 0) is 227 Å². The number of piperazine rings is 1. The van der Waals surface area contributed by atoms with Crippen LogP contribution in [0.3, 0.4) is 0 Å². The number of hydrogen-bond donors (Lipinski definition) is 10. The number of likely N-dealkylation sites (N-methyl/N-ethyl adjacent to an activating group) is 1. The Kier molecular flexibility index (Phi) is 31.3. The molecule has 10 N–H and O–H groups in total. The van der Waals surface area contributed by atoms with Crippen LogP contribution in [-0.4, -0.2) is 128 Å². The lowest BCUT2D eigenvalue weighted by Gasteiger charge is -2.32. The molecular formula is C97H95F3N20O9S. The van der Waals surface area contributed by atoms with Crippen molar-refractivity contribution in [2.24, 2.45) is 0 Å². The van der Waals surface area contributed by atoms with Crippen LogP contribution in [0.4, 0.5) is 98.9 Å². The van der Waals surface area contributed by atoms with Crippen molar-refractivity contribution in [1.82, 2.24) is 50.0 Å². The molecular weight excluding hydrogens is 1680 g/mol. The Morgan fingerprint density at radius 1 is 0.454 bits per heavy atom. The van der Waals surface area contributed by atoms with Crippen LogP contribution in [0.1, 0.15) is 72.3 Å². The highest BCUT2D eigenvalue weighted by Gasteiger charge is 2.30. The van der Waals surface area contributed by atoms with Crippen LogP contribution in [0.5, 0.6) is 0 Å². The van der Waals surface area contributed by atoms with Gasteiger partial charge < -0.3 is 85.4 Å². The highest BCUT2D eigenvalue weighted by molar-refractivity contribution is 7.80. The molecule has 4 amide bonds. The summed E-state index contributed by atoms with van der Waals surface area (Å²) in [5.41, 5.74) is 16.2.